The van der Waals surface area contributed by atoms with Gasteiger partial charge in [-0.15, -0.1) is 11.3 Å². The molecule has 1 amide bonds. The van der Waals surface area contributed by atoms with Gasteiger partial charge >= 0.3 is 0 Å². The molecule has 0 atom stereocenters. The first-order chi connectivity index (χ1) is 10.5. The number of amides is 1. The minimum atomic E-state index is -0.0714. The number of anilines is 1. The summed E-state index contributed by atoms with van der Waals surface area (Å²) in [5.41, 5.74) is 0.850. The van der Waals surface area contributed by atoms with Crippen LogP contribution in [0.15, 0.2) is 16.7 Å². The molecule has 6 nitrogen and oxygen atoms in total. The minimum Gasteiger partial charge on any atom is -0.361 e. The maximum Gasteiger partial charge on any atom is 0.261 e. The number of hydrogen-bond acceptors (Lipinski definition) is 7. The summed E-state index contributed by atoms with van der Waals surface area (Å²) < 4.78 is 6.16. The van der Waals surface area contributed by atoms with E-state index in [9.17, 15) is 4.79 Å². The number of thiazole rings is 1. The summed E-state index contributed by atoms with van der Waals surface area (Å²) in [6.07, 6.45) is 0.634. The van der Waals surface area contributed by atoms with Crippen LogP contribution < -0.4 is 10.2 Å². The van der Waals surface area contributed by atoms with E-state index in [1.807, 2.05) is 38.1 Å². The van der Waals surface area contributed by atoms with Gasteiger partial charge in [0.05, 0.1) is 15.3 Å². The largest absolute Gasteiger partial charge is 0.361 e. The molecule has 8 heteroatoms. The van der Waals surface area contributed by atoms with E-state index in [1.165, 1.54) is 11.3 Å². The normalized spacial score (nSPS) is 11.0. The van der Waals surface area contributed by atoms with E-state index in [1.54, 1.807) is 11.3 Å². The van der Waals surface area contributed by atoms with Crippen LogP contribution in [0, 0.1) is 6.92 Å². The van der Waals surface area contributed by atoms with Gasteiger partial charge in [-0.1, -0.05) is 16.5 Å². The third kappa shape index (κ3) is 3.12. The summed E-state index contributed by atoms with van der Waals surface area (Å²) in [7, 11) is 3.92. The quantitative estimate of drug-likeness (QED) is 0.775. The highest BCUT2D eigenvalue weighted by atomic mass is 32.1. The zero-order valence-corrected chi connectivity index (χ0v) is 14.2. The second kappa shape index (κ2) is 6.05. The van der Waals surface area contributed by atoms with Gasteiger partial charge < -0.3 is 14.7 Å². The maximum absolute atomic E-state index is 12.1. The van der Waals surface area contributed by atoms with Crippen LogP contribution in [-0.4, -0.2) is 36.7 Å². The van der Waals surface area contributed by atoms with Crippen LogP contribution in [0.5, 0.6) is 0 Å². The van der Waals surface area contributed by atoms with Gasteiger partial charge in [0.25, 0.3) is 5.91 Å². The number of aromatic nitrogens is 2. The summed E-state index contributed by atoms with van der Waals surface area (Å²) in [6.45, 7) is 2.40. The Morgan fingerprint density at radius 2 is 2.18 bits per heavy atom. The Morgan fingerprint density at radius 1 is 1.36 bits per heavy atom. The molecule has 0 fully saturated rings. The molecule has 22 heavy (non-hydrogen) atoms. The van der Waals surface area contributed by atoms with Crippen LogP contribution >= 0.6 is 22.7 Å². The molecule has 0 bridgehead atoms. The molecule has 0 aromatic carbocycles. The van der Waals surface area contributed by atoms with E-state index in [-0.39, 0.29) is 5.91 Å². The molecule has 0 saturated carbocycles. The maximum atomic E-state index is 12.1. The SMILES string of the molecule is Cc1cc(CCNC(=O)c2cc3sc(N(C)C)nc3s2)on1. The van der Waals surface area contributed by atoms with Gasteiger partial charge in [0.1, 0.15) is 10.6 Å². The van der Waals surface area contributed by atoms with Crippen molar-refractivity contribution in [2.75, 3.05) is 25.5 Å². The van der Waals surface area contributed by atoms with Crippen molar-refractivity contribution in [3.05, 3.63) is 28.5 Å². The van der Waals surface area contributed by atoms with Gasteiger partial charge in [0.15, 0.2) is 5.13 Å². The molecule has 0 radical (unpaired) electrons. The van der Waals surface area contributed by atoms with Gasteiger partial charge in [0, 0.05) is 33.1 Å². The predicted octanol–water partition coefficient (Wildman–Crippen LogP) is 2.69. The van der Waals surface area contributed by atoms with Crippen molar-refractivity contribution in [1.82, 2.24) is 15.5 Å². The summed E-state index contributed by atoms with van der Waals surface area (Å²) in [4.78, 5) is 20.2. The first-order valence-electron chi connectivity index (χ1n) is 6.81. The lowest BCUT2D eigenvalue weighted by atomic mass is 10.3. The van der Waals surface area contributed by atoms with E-state index >= 15 is 0 Å². The van der Waals surface area contributed by atoms with E-state index in [4.69, 9.17) is 4.52 Å². The average molecular weight is 336 g/mol. The highest BCUT2D eigenvalue weighted by molar-refractivity contribution is 7.29. The number of carbonyl (C=O) groups is 1. The Labute approximate surface area is 135 Å². The molecule has 0 aliphatic rings. The van der Waals surface area contributed by atoms with Gasteiger partial charge in [-0.05, 0) is 13.0 Å². The Morgan fingerprint density at radius 3 is 2.82 bits per heavy atom. The van der Waals surface area contributed by atoms with E-state index in [2.05, 4.69) is 15.5 Å². The second-order valence-electron chi connectivity index (χ2n) is 5.11. The zero-order valence-electron chi connectivity index (χ0n) is 12.5. The topological polar surface area (TPSA) is 71.3 Å². The average Bonchev–Trinajstić information content (AvgIpc) is 3.12. The van der Waals surface area contributed by atoms with Crippen LogP contribution in [0.4, 0.5) is 5.13 Å². The number of fused-ring (bicyclic) bond motifs is 1. The number of nitrogens with zero attached hydrogens (tertiary/aromatic N) is 3. The van der Waals surface area contributed by atoms with Gasteiger partial charge in [0.2, 0.25) is 0 Å². The van der Waals surface area contributed by atoms with Crippen molar-refractivity contribution >= 4 is 43.2 Å². The highest BCUT2D eigenvalue weighted by Crippen LogP contribution is 2.33. The summed E-state index contributed by atoms with van der Waals surface area (Å²) in [5.74, 6) is 0.708. The van der Waals surface area contributed by atoms with Crippen molar-refractivity contribution < 1.29 is 9.32 Å². The monoisotopic (exact) mass is 336 g/mol. The Hall–Kier alpha value is -1.93. The fraction of sp³-hybridized carbons (Fsp3) is 0.357. The molecule has 0 spiro atoms. The number of hydrogen-bond donors (Lipinski definition) is 1. The zero-order chi connectivity index (χ0) is 15.7. The standard InChI is InChI=1S/C14H16N4O2S2/c1-8-6-9(20-17-8)4-5-15-12(19)10-7-11-13(21-10)16-14(22-11)18(2)3/h6-7H,4-5H2,1-3H3,(H,15,19). The van der Waals surface area contributed by atoms with Crippen molar-refractivity contribution in [1.29, 1.82) is 0 Å². The van der Waals surface area contributed by atoms with E-state index in [0.717, 1.165) is 26.1 Å². The molecule has 0 aliphatic carbocycles. The fourth-order valence-corrected chi connectivity index (χ4v) is 4.00. The highest BCUT2D eigenvalue weighted by Gasteiger charge is 2.14. The first-order valence-corrected chi connectivity index (χ1v) is 8.44. The van der Waals surface area contributed by atoms with Gasteiger partial charge in [-0.2, -0.15) is 0 Å². The summed E-state index contributed by atoms with van der Waals surface area (Å²) >= 11 is 3.01. The molecule has 1 N–H and O–H groups in total. The van der Waals surface area contributed by atoms with Gasteiger partial charge in [-0.25, -0.2) is 4.98 Å². The third-order valence-electron chi connectivity index (χ3n) is 3.02. The van der Waals surface area contributed by atoms with Crippen LogP contribution in [0.1, 0.15) is 21.1 Å². The molecule has 3 aromatic rings. The lowest BCUT2D eigenvalue weighted by Gasteiger charge is -2.05. The molecule has 0 aliphatic heterocycles. The van der Waals surface area contributed by atoms with Crippen LogP contribution in [0.2, 0.25) is 0 Å². The van der Waals surface area contributed by atoms with E-state index < -0.39 is 0 Å². The molecule has 0 saturated heterocycles. The summed E-state index contributed by atoms with van der Waals surface area (Å²) in [6, 6.07) is 3.78. The Balaban J connectivity index is 1.61. The molecular weight excluding hydrogens is 320 g/mol. The van der Waals surface area contributed by atoms with Crippen molar-refractivity contribution in [2.24, 2.45) is 0 Å². The van der Waals surface area contributed by atoms with Crippen molar-refractivity contribution in [3.8, 4) is 0 Å². The molecule has 3 rings (SSSR count). The second-order valence-corrected chi connectivity index (χ2v) is 7.15. The van der Waals surface area contributed by atoms with Gasteiger partial charge in [-0.3, -0.25) is 4.79 Å². The number of nitrogens with one attached hydrogen (secondary N) is 1. The molecular formula is C14H16N4O2S2. The number of thiophene rings is 1. The summed E-state index contributed by atoms with van der Waals surface area (Å²) in [5, 5.41) is 7.67. The molecule has 3 aromatic heterocycles. The Kier molecular flexibility index (Phi) is 4.12. The minimum absolute atomic E-state index is 0.0714. The van der Waals surface area contributed by atoms with Crippen molar-refractivity contribution in [3.63, 3.8) is 0 Å². The number of aryl methyl sites for hydroxylation is 1. The van der Waals surface area contributed by atoms with Crippen LogP contribution in [-0.2, 0) is 6.42 Å². The Bertz CT molecular complexity index is 771. The lowest BCUT2D eigenvalue weighted by molar-refractivity contribution is 0.0957. The number of carbonyl (C=O) groups excluding carboxylic acids is 1. The molecule has 116 valence electrons. The fourth-order valence-electron chi connectivity index (χ4n) is 1.95. The first kappa shape index (κ1) is 15.0. The van der Waals surface area contributed by atoms with Crippen molar-refractivity contribution in [2.45, 2.75) is 13.3 Å². The molecule has 3 heterocycles. The lowest BCUT2D eigenvalue weighted by Crippen LogP contribution is -2.24. The van der Waals surface area contributed by atoms with E-state index in [0.29, 0.717) is 17.8 Å². The third-order valence-corrected chi connectivity index (χ3v) is 5.35. The van der Waals surface area contributed by atoms with Crippen LogP contribution in [0.3, 0.4) is 0 Å². The number of rotatable bonds is 5. The smallest absolute Gasteiger partial charge is 0.261 e. The van der Waals surface area contributed by atoms with Crippen LogP contribution in [0.25, 0.3) is 9.53 Å². The predicted molar refractivity (Wildman–Crippen MR) is 89.1 cm³/mol. The molecule has 0 unspecified atom stereocenters.